The lowest BCUT2D eigenvalue weighted by molar-refractivity contribution is 0.0820. The minimum atomic E-state index is 0.736. The molecule has 0 bridgehead atoms. The molecule has 18 heavy (non-hydrogen) atoms. The Balaban J connectivity index is 2.26. The Hall–Kier alpha value is -0.820. The van der Waals surface area contributed by atoms with Crippen LogP contribution in [0.5, 0.6) is 0 Å². The number of hydrogen-bond donors (Lipinski definition) is 0. The highest BCUT2D eigenvalue weighted by molar-refractivity contribution is 5.21. The van der Waals surface area contributed by atoms with Gasteiger partial charge in [0.05, 0.1) is 6.61 Å². The predicted octanol–water partition coefficient (Wildman–Crippen LogP) is 4.98. The van der Waals surface area contributed by atoms with Crippen LogP contribution in [0.4, 0.5) is 0 Å². The van der Waals surface area contributed by atoms with E-state index in [1.165, 1.54) is 36.8 Å². The molecule has 0 fully saturated rings. The zero-order chi connectivity index (χ0) is 13.2. The monoisotopic (exact) mass is 248 g/mol. The molecule has 1 heteroatoms. The highest BCUT2D eigenvalue weighted by atomic mass is 16.5. The first-order valence-electron chi connectivity index (χ1n) is 7.45. The van der Waals surface area contributed by atoms with Gasteiger partial charge in [0.1, 0.15) is 0 Å². The molecule has 0 N–H and O–H groups in total. The third-order valence-electron chi connectivity index (χ3n) is 3.60. The maximum absolute atomic E-state index is 5.84. The summed E-state index contributed by atoms with van der Waals surface area (Å²) in [5.74, 6) is 0.736. The van der Waals surface area contributed by atoms with Crippen molar-refractivity contribution in [2.45, 2.75) is 59.5 Å². The first kappa shape index (κ1) is 15.2. The van der Waals surface area contributed by atoms with E-state index in [-0.39, 0.29) is 0 Å². The Labute approximate surface area is 113 Å². The summed E-state index contributed by atoms with van der Waals surface area (Å²) in [5, 5.41) is 0. The summed E-state index contributed by atoms with van der Waals surface area (Å²) in [6, 6.07) is 8.78. The fourth-order valence-corrected chi connectivity index (χ4v) is 2.11. The first-order chi connectivity index (χ1) is 8.80. The summed E-state index contributed by atoms with van der Waals surface area (Å²) in [7, 11) is 0. The quantitative estimate of drug-likeness (QED) is 0.598. The van der Waals surface area contributed by atoms with Gasteiger partial charge in [-0.2, -0.15) is 0 Å². The summed E-state index contributed by atoms with van der Waals surface area (Å²) >= 11 is 0. The van der Waals surface area contributed by atoms with Gasteiger partial charge in [0.2, 0.25) is 0 Å². The van der Waals surface area contributed by atoms with Gasteiger partial charge >= 0.3 is 0 Å². The Morgan fingerprint density at radius 1 is 1.00 bits per heavy atom. The molecule has 1 rings (SSSR count). The number of rotatable bonds is 9. The molecule has 0 saturated heterocycles. The van der Waals surface area contributed by atoms with E-state index in [1.807, 2.05) is 0 Å². The minimum Gasteiger partial charge on any atom is -0.376 e. The standard InChI is InChI=1S/C17H28O/c1-4-7-8-16(6-3)13-18-14-17-11-9-15(5-2)10-12-17/h9-12,16H,4-8,13-14H2,1-3H3. The second kappa shape index (κ2) is 9.16. The molecule has 0 spiro atoms. The predicted molar refractivity (Wildman–Crippen MR) is 78.8 cm³/mol. The summed E-state index contributed by atoms with van der Waals surface area (Å²) < 4.78 is 5.84. The van der Waals surface area contributed by atoms with Gasteiger partial charge in [0.15, 0.2) is 0 Å². The molecule has 1 aromatic rings. The van der Waals surface area contributed by atoms with Gasteiger partial charge in [-0.15, -0.1) is 0 Å². The lowest BCUT2D eigenvalue weighted by atomic mass is 10.0. The van der Waals surface area contributed by atoms with Crippen molar-refractivity contribution in [1.82, 2.24) is 0 Å². The van der Waals surface area contributed by atoms with Crippen molar-refractivity contribution < 1.29 is 4.74 Å². The van der Waals surface area contributed by atoms with Crippen molar-refractivity contribution in [1.29, 1.82) is 0 Å². The lowest BCUT2D eigenvalue weighted by Gasteiger charge is -2.14. The Kier molecular flexibility index (Phi) is 7.75. The van der Waals surface area contributed by atoms with Crippen LogP contribution in [0, 0.1) is 5.92 Å². The van der Waals surface area contributed by atoms with Crippen LogP contribution in [0.3, 0.4) is 0 Å². The van der Waals surface area contributed by atoms with E-state index in [9.17, 15) is 0 Å². The Bertz CT molecular complexity index is 302. The number of unbranched alkanes of at least 4 members (excludes halogenated alkanes) is 1. The van der Waals surface area contributed by atoms with Crippen molar-refractivity contribution in [3.8, 4) is 0 Å². The SMILES string of the molecule is CCCCC(CC)COCc1ccc(CC)cc1. The first-order valence-corrected chi connectivity index (χ1v) is 7.45. The summed E-state index contributed by atoms with van der Waals surface area (Å²) in [6.07, 6.45) is 6.26. The molecule has 0 aromatic heterocycles. The molecule has 1 nitrogen and oxygen atoms in total. The third kappa shape index (κ3) is 5.68. The van der Waals surface area contributed by atoms with Crippen LogP contribution >= 0.6 is 0 Å². The largest absolute Gasteiger partial charge is 0.376 e. The molecule has 0 aliphatic carbocycles. The van der Waals surface area contributed by atoms with Crippen molar-refractivity contribution >= 4 is 0 Å². The molecule has 0 aliphatic rings. The average molecular weight is 248 g/mol. The van der Waals surface area contributed by atoms with Crippen molar-refractivity contribution in [3.63, 3.8) is 0 Å². The minimum absolute atomic E-state index is 0.736. The summed E-state index contributed by atoms with van der Waals surface area (Å²) in [5.41, 5.74) is 2.69. The second-order valence-electron chi connectivity index (χ2n) is 5.10. The third-order valence-corrected chi connectivity index (χ3v) is 3.60. The molecular weight excluding hydrogens is 220 g/mol. The Morgan fingerprint density at radius 3 is 2.22 bits per heavy atom. The number of aryl methyl sites for hydroxylation is 1. The van der Waals surface area contributed by atoms with E-state index >= 15 is 0 Å². The van der Waals surface area contributed by atoms with Gasteiger partial charge in [0.25, 0.3) is 0 Å². The fraction of sp³-hybridized carbons (Fsp3) is 0.647. The Morgan fingerprint density at radius 2 is 1.67 bits per heavy atom. The van der Waals surface area contributed by atoms with Crippen molar-refractivity contribution in [3.05, 3.63) is 35.4 Å². The van der Waals surface area contributed by atoms with Crippen LogP contribution in [-0.4, -0.2) is 6.61 Å². The molecular formula is C17H28O. The molecule has 0 aliphatic heterocycles. The van der Waals surface area contributed by atoms with Gasteiger partial charge in [-0.25, -0.2) is 0 Å². The van der Waals surface area contributed by atoms with Crippen LogP contribution in [0.15, 0.2) is 24.3 Å². The number of hydrogen-bond acceptors (Lipinski definition) is 1. The summed E-state index contributed by atoms with van der Waals surface area (Å²) in [4.78, 5) is 0. The molecule has 1 unspecified atom stereocenters. The smallest absolute Gasteiger partial charge is 0.0717 e. The maximum atomic E-state index is 5.84. The normalized spacial score (nSPS) is 12.6. The number of ether oxygens (including phenoxy) is 1. The van der Waals surface area contributed by atoms with Crippen molar-refractivity contribution in [2.75, 3.05) is 6.61 Å². The van der Waals surface area contributed by atoms with E-state index in [0.717, 1.165) is 25.6 Å². The van der Waals surface area contributed by atoms with Crippen LogP contribution in [0.1, 0.15) is 57.6 Å². The van der Waals surface area contributed by atoms with E-state index < -0.39 is 0 Å². The molecule has 102 valence electrons. The van der Waals surface area contributed by atoms with Gasteiger partial charge in [-0.1, -0.05) is 64.3 Å². The molecule has 0 saturated carbocycles. The zero-order valence-corrected chi connectivity index (χ0v) is 12.2. The van der Waals surface area contributed by atoms with Gasteiger partial charge < -0.3 is 4.74 Å². The van der Waals surface area contributed by atoms with E-state index in [4.69, 9.17) is 4.74 Å². The molecule has 1 atom stereocenters. The summed E-state index contributed by atoms with van der Waals surface area (Å²) in [6.45, 7) is 8.37. The van der Waals surface area contributed by atoms with E-state index in [2.05, 4.69) is 45.0 Å². The van der Waals surface area contributed by atoms with Crippen LogP contribution in [-0.2, 0) is 17.8 Å². The lowest BCUT2D eigenvalue weighted by Crippen LogP contribution is -2.08. The second-order valence-corrected chi connectivity index (χ2v) is 5.10. The fourth-order valence-electron chi connectivity index (χ4n) is 2.11. The maximum Gasteiger partial charge on any atom is 0.0717 e. The molecule has 0 radical (unpaired) electrons. The van der Waals surface area contributed by atoms with Gasteiger partial charge in [-0.3, -0.25) is 0 Å². The topological polar surface area (TPSA) is 9.23 Å². The molecule has 1 aromatic carbocycles. The number of benzene rings is 1. The highest BCUT2D eigenvalue weighted by Crippen LogP contribution is 2.14. The van der Waals surface area contributed by atoms with Crippen LogP contribution in [0.25, 0.3) is 0 Å². The van der Waals surface area contributed by atoms with E-state index in [0.29, 0.717) is 0 Å². The molecule has 0 heterocycles. The van der Waals surface area contributed by atoms with Crippen molar-refractivity contribution in [2.24, 2.45) is 5.92 Å². The van der Waals surface area contributed by atoms with Gasteiger partial charge in [0, 0.05) is 6.61 Å². The van der Waals surface area contributed by atoms with E-state index in [1.54, 1.807) is 0 Å². The van der Waals surface area contributed by atoms with Gasteiger partial charge in [-0.05, 0) is 29.9 Å². The van der Waals surface area contributed by atoms with Crippen LogP contribution in [0.2, 0.25) is 0 Å². The van der Waals surface area contributed by atoms with Crippen LogP contribution < -0.4 is 0 Å². The highest BCUT2D eigenvalue weighted by Gasteiger charge is 2.05. The zero-order valence-electron chi connectivity index (χ0n) is 12.2. The molecule has 0 amide bonds. The average Bonchev–Trinajstić information content (AvgIpc) is 2.43.